The molecule has 0 saturated carbocycles. The van der Waals surface area contributed by atoms with E-state index in [4.69, 9.17) is 16.3 Å². The van der Waals surface area contributed by atoms with Crippen molar-refractivity contribution in [3.05, 3.63) is 113 Å². The molecule has 0 aliphatic rings. The number of carboxylic acids is 1. The minimum Gasteiger partial charge on any atom is -0.480 e. The third kappa shape index (κ3) is 8.17. The van der Waals surface area contributed by atoms with Crippen molar-refractivity contribution in [3.63, 3.8) is 0 Å². The van der Waals surface area contributed by atoms with Crippen LogP contribution in [0.2, 0.25) is 5.02 Å². The van der Waals surface area contributed by atoms with Crippen LogP contribution in [0.5, 0.6) is 11.5 Å². The minimum atomic E-state index is -1.11. The number of amides is 1. The van der Waals surface area contributed by atoms with Gasteiger partial charge in [-0.1, -0.05) is 80.9 Å². The predicted molar refractivity (Wildman–Crippen MR) is 175 cm³/mol. The summed E-state index contributed by atoms with van der Waals surface area (Å²) in [5.41, 5.74) is 5.12. The van der Waals surface area contributed by atoms with E-state index in [1.54, 1.807) is 18.2 Å². The molecule has 0 aliphatic heterocycles. The topological polar surface area (TPSA) is 78.9 Å². The number of benzene rings is 4. The first kappa shape index (κ1) is 31.6. The SMILES string of the molecule is CCN(CC)c1ccc(Cl)cc1C(=O)NC(Cc1ccc(-c2cccc(Oc3ccc(C(C)(C)C)cc3)c2)cc1)C(=O)O. The fraction of sp³-hybridized carbons (Fsp3) is 0.278. The monoisotopic (exact) mass is 598 g/mol. The zero-order valence-electron chi connectivity index (χ0n) is 25.4. The Morgan fingerprint density at radius 1 is 0.860 bits per heavy atom. The Balaban J connectivity index is 1.46. The Morgan fingerprint density at radius 2 is 1.53 bits per heavy atom. The summed E-state index contributed by atoms with van der Waals surface area (Å²) in [6.07, 6.45) is 0.135. The zero-order valence-corrected chi connectivity index (χ0v) is 26.1. The first-order valence-corrected chi connectivity index (χ1v) is 14.9. The Hall–Kier alpha value is -4.29. The van der Waals surface area contributed by atoms with Crippen molar-refractivity contribution in [2.75, 3.05) is 18.0 Å². The van der Waals surface area contributed by atoms with Crippen LogP contribution in [0.1, 0.15) is 56.1 Å². The highest BCUT2D eigenvalue weighted by atomic mass is 35.5. The van der Waals surface area contributed by atoms with Crippen LogP contribution >= 0.6 is 11.6 Å². The summed E-state index contributed by atoms with van der Waals surface area (Å²) < 4.78 is 6.11. The number of carbonyl (C=O) groups excluding carboxylic acids is 1. The second-order valence-corrected chi connectivity index (χ2v) is 11.9. The summed E-state index contributed by atoms with van der Waals surface area (Å²) >= 11 is 6.19. The molecule has 1 unspecified atom stereocenters. The summed E-state index contributed by atoms with van der Waals surface area (Å²) in [6, 6.07) is 27.6. The van der Waals surface area contributed by atoms with E-state index < -0.39 is 17.9 Å². The number of nitrogens with one attached hydrogen (secondary N) is 1. The molecule has 1 atom stereocenters. The lowest BCUT2D eigenvalue weighted by Crippen LogP contribution is -2.42. The molecule has 2 N–H and O–H groups in total. The van der Waals surface area contributed by atoms with Crippen molar-refractivity contribution in [1.82, 2.24) is 5.32 Å². The molecule has 224 valence electrons. The van der Waals surface area contributed by atoms with Gasteiger partial charge in [0, 0.05) is 30.2 Å². The van der Waals surface area contributed by atoms with E-state index in [1.165, 1.54) is 5.56 Å². The Kier molecular flexibility index (Phi) is 10.1. The van der Waals surface area contributed by atoms with E-state index in [-0.39, 0.29) is 11.8 Å². The van der Waals surface area contributed by atoms with E-state index in [9.17, 15) is 14.7 Å². The van der Waals surface area contributed by atoms with E-state index in [0.29, 0.717) is 29.4 Å². The Labute approximate surface area is 259 Å². The molecule has 0 fully saturated rings. The van der Waals surface area contributed by atoms with Gasteiger partial charge in [-0.05, 0) is 84.0 Å². The van der Waals surface area contributed by atoms with Crippen LogP contribution in [0, 0.1) is 0 Å². The molecule has 1 amide bonds. The number of hydrogen-bond donors (Lipinski definition) is 2. The van der Waals surface area contributed by atoms with E-state index >= 15 is 0 Å². The van der Waals surface area contributed by atoms with Gasteiger partial charge in [0.1, 0.15) is 17.5 Å². The Morgan fingerprint density at radius 3 is 2.14 bits per heavy atom. The summed E-state index contributed by atoms with van der Waals surface area (Å²) in [5.74, 6) is -0.0874. The molecule has 7 heteroatoms. The first-order valence-electron chi connectivity index (χ1n) is 14.5. The first-order chi connectivity index (χ1) is 20.5. The van der Waals surface area contributed by atoms with Gasteiger partial charge in [-0.25, -0.2) is 4.79 Å². The molecule has 0 bridgehead atoms. The largest absolute Gasteiger partial charge is 0.480 e. The number of anilines is 1. The molecule has 0 spiro atoms. The highest BCUT2D eigenvalue weighted by Crippen LogP contribution is 2.30. The number of rotatable bonds is 11. The molecule has 4 aromatic carbocycles. The molecule has 0 saturated heterocycles. The standard InChI is InChI=1S/C36H39ClN2O4/c1-6-39(7-2)33-20-17-28(37)23-31(33)34(40)38-32(35(41)42)21-24-11-13-25(14-12-24)26-9-8-10-30(22-26)43-29-18-15-27(16-19-29)36(3,4)5/h8-20,22-23,32H,6-7,21H2,1-5H3,(H,38,40)(H,41,42). The molecular formula is C36H39ClN2O4. The number of hydrogen-bond acceptors (Lipinski definition) is 4. The van der Waals surface area contributed by atoms with Gasteiger partial charge in [0.2, 0.25) is 0 Å². The summed E-state index contributed by atoms with van der Waals surface area (Å²) in [4.78, 5) is 27.4. The van der Waals surface area contributed by atoms with Gasteiger partial charge in [0.05, 0.1) is 5.56 Å². The molecular weight excluding hydrogens is 560 g/mol. The normalized spacial score (nSPS) is 12.0. The molecule has 0 heterocycles. The van der Waals surface area contributed by atoms with E-state index in [0.717, 1.165) is 28.2 Å². The van der Waals surface area contributed by atoms with Crippen molar-refractivity contribution in [3.8, 4) is 22.6 Å². The number of ether oxygens (including phenoxy) is 1. The van der Waals surface area contributed by atoms with Gasteiger partial charge in [-0.15, -0.1) is 0 Å². The van der Waals surface area contributed by atoms with E-state index in [2.05, 4.69) is 38.2 Å². The van der Waals surface area contributed by atoms with E-state index in [1.807, 2.05) is 79.4 Å². The van der Waals surface area contributed by atoms with Crippen molar-refractivity contribution in [1.29, 1.82) is 0 Å². The van der Waals surface area contributed by atoms with Crippen LogP contribution in [0.4, 0.5) is 5.69 Å². The van der Waals surface area contributed by atoms with Gasteiger partial charge >= 0.3 is 5.97 Å². The van der Waals surface area contributed by atoms with Gasteiger partial charge in [-0.2, -0.15) is 0 Å². The van der Waals surface area contributed by atoms with Crippen LogP contribution < -0.4 is 15.0 Å². The van der Waals surface area contributed by atoms with Crippen molar-refractivity contribution < 1.29 is 19.4 Å². The van der Waals surface area contributed by atoms with Crippen molar-refractivity contribution in [2.24, 2.45) is 0 Å². The van der Waals surface area contributed by atoms with Crippen molar-refractivity contribution >= 4 is 29.2 Å². The third-order valence-electron chi connectivity index (χ3n) is 7.43. The molecule has 4 aromatic rings. The summed E-state index contributed by atoms with van der Waals surface area (Å²) in [7, 11) is 0. The lowest BCUT2D eigenvalue weighted by Gasteiger charge is -2.24. The van der Waals surface area contributed by atoms with Gasteiger partial charge < -0.3 is 20.1 Å². The maximum Gasteiger partial charge on any atom is 0.326 e. The molecule has 0 aliphatic carbocycles. The number of nitrogens with zero attached hydrogens (tertiary/aromatic N) is 1. The van der Waals surface area contributed by atoms with Crippen LogP contribution in [0.15, 0.2) is 91.0 Å². The zero-order chi connectivity index (χ0) is 31.1. The van der Waals surface area contributed by atoms with Crippen LogP contribution in [-0.2, 0) is 16.6 Å². The quantitative estimate of drug-likeness (QED) is 0.181. The molecule has 0 aromatic heterocycles. The van der Waals surface area contributed by atoms with Crippen molar-refractivity contribution in [2.45, 2.75) is 52.5 Å². The minimum absolute atomic E-state index is 0.0751. The predicted octanol–water partition coefficient (Wildman–Crippen LogP) is 8.37. The number of aliphatic carboxylic acids is 1. The lowest BCUT2D eigenvalue weighted by atomic mass is 9.87. The second-order valence-electron chi connectivity index (χ2n) is 11.5. The second kappa shape index (κ2) is 13.8. The number of carbonyl (C=O) groups is 2. The fourth-order valence-electron chi connectivity index (χ4n) is 4.93. The van der Waals surface area contributed by atoms with Gasteiger partial charge in [0.25, 0.3) is 5.91 Å². The van der Waals surface area contributed by atoms with Crippen LogP contribution in [0.25, 0.3) is 11.1 Å². The third-order valence-corrected chi connectivity index (χ3v) is 7.66. The molecule has 0 radical (unpaired) electrons. The number of halogens is 1. The van der Waals surface area contributed by atoms with Gasteiger partial charge in [-0.3, -0.25) is 4.79 Å². The highest BCUT2D eigenvalue weighted by Gasteiger charge is 2.24. The number of carboxylic acid groups (broad SMARTS) is 1. The maximum atomic E-state index is 13.2. The molecule has 6 nitrogen and oxygen atoms in total. The fourth-order valence-corrected chi connectivity index (χ4v) is 5.11. The smallest absolute Gasteiger partial charge is 0.326 e. The van der Waals surface area contributed by atoms with Crippen LogP contribution in [0.3, 0.4) is 0 Å². The highest BCUT2D eigenvalue weighted by molar-refractivity contribution is 6.31. The summed E-state index contributed by atoms with van der Waals surface area (Å²) in [6.45, 7) is 11.9. The van der Waals surface area contributed by atoms with Crippen LogP contribution in [-0.4, -0.2) is 36.1 Å². The Bertz CT molecular complexity index is 1560. The molecule has 43 heavy (non-hydrogen) atoms. The average molecular weight is 599 g/mol. The summed E-state index contributed by atoms with van der Waals surface area (Å²) in [5, 5.41) is 13.0. The molecule has 4 rings (SSSR count). The lowest BCUT2D eigenvalue weighted by molar-refractivity contribution is -0.139. The van der Waals surface area contributed by atoms with Gasteiger partial charge in [0.15, 0.2) is 0 Å². The average Bonchev–Trinajstić information content (AvgIpc) is 2.98. The maximum absolute atomic E-state index is 13.2.